The van der Waals surface area contributed by atoms with Crippen LogP contribution < -0.4 is 15.4 Å². The fourth-order valence-corrected chi connectivity index (χ4v) is 3.04. The smallest absolute Gasteiger partial charge is 0.171 e. The van der Waals surface area contributed by atoms with Crippen molar-refractivity contribution in [3.63, 3.8) is 0 Å². The maximum atomic E-state index is 5.44. The molecule has 122 valence electrons. The molecule has 0 unspecified atom stereocenters. The first kappa shape index (κ1) is 16.3. The van der Waals surface area contributed by atoms with Crippen LogP contribution in [0.2, 0.25) is 0 Å². The zero-order chi connectivity index (χ0) is 16.9. The first-order valence-corrected chi connectivity index (χ1v) is 8.27. The molecule has 4 heteroatoms. The summed E-state index contributed by atoms with van der Waals surface area (Å²) in [4.78, 5) is 0. The lowest BCUT2D eigenvalue weighted by molar-refractivity contribution is 0.415. The van der Waals surface area contributed by atoms with Gasteiger partial charge in [-0.1, -0.05) is 42.5 Å². The highest BCUT2D eigenvalue weighted by molar-refractivity contribution is 7.80. The molecule has 0 saturated heterocycles. The lowest BCUT2D eigenvalue weighted by atomic mass is 10.00. The van der Waals surface area contributed by atoms with Crippen molar-refractivity contribution in [2.45, 2.75) is 13.0 Å². The molecule has 0 aliphatic heterocycles. The Morgan fingerprint density at radius 2 is 1.67 bits per heavy atom. The first-order chi connectivity index (χ1) is 11.7. The van der Waals surface area contributed by atoms with Gasteiger partial charge in [0.2, 0.25) is 0 Å². The zero-order valence-electron chi connectivity index (χ0n) is 13.7. The van der Waals surface area contributed by atoms with Crippen LogP contribution >= 0.6 is 12.2 Å². The summed E-state index contributed by atoms with van der Waals surface area (Å²) in [5.41, 5.74) is 2.16. The van der Waals surface area contributed by atoms with Crippen LogP contribution in [0.25, 0.3) is 10.8 Å². The molecule has 0 aliphatic rings. The zero-order valence-corrected chi connectivity index (χ0v) is 14.6. The van der Waals surface area contributed by atoms with Crippen LogP contribution in [0, 0.1) is 0 Å². The highest BCUT2D eigenvalue weighted by Gasteiger charge is 2.10. The lowest BCUT2D eigenvalue weighted by Gasteiger charge is -2.19. The van der Waals surface area contributed by atoms with E-state index in [4.69, 9.17) is 17.0 Å². The van der Waals surface area contributed by atoms with Crippen molar-refractivity contribution in [1.29, 1.82) is 0 Å². The molecule has 3 aromatic carbocycles. The van der Waals surface area contributed by atoms with Gasteiger partial charge in [0, 0.05) is 5.69 Å². The van der Waals surface area contributed by atoms with Gasteiger partial charge in [-0.15, -0.1) is 0 Å². The second kappa shape index (κ2) is 7.32. The largest absolute Gasteiger partial charge is 0.497 e. The predicted octanol–water partition coefficient (Wildman–Crippen LogP) is 4.90. The third-order valence-corrected chi connectivity index (χ3v) is 4.21. The number of nitrogens with one attached hydrogen (secondary N) is 2. The molecule has 0 radical (unpaired) electrons. The highest BCUT2D eigenvalue weighted by Crippen LogP contribution is 2.24. The molecule has 0 bridgehead atoms. The molecule has 0 saturated carbocycles. The topological polar surface area (TPSA) is 33.3 Å². The first-order valence-electron chi connectivity index (χ1n) is 7.86. The summed E-state index contributed by atoms with van der Waals surface area (Å²) < 4.78 is 5.16. The molecular weight excluding hydrogens is 316 g/mol. The Hall–Kier alpha value is -2.59. The summed E-state index contributed by atoms with van der Waals surface area (Å²) >= 11 is 5.44. The minimum Gasteiger partial charge on any atom is -0.497 e. The van der Waals surface area contributed by atoms with E-state index in [2.05, 4.69) is 60.0 Å². The van der Waals surface area contributed by atoms with E-state index in [9.17, 15) is 0 Å². The van der Waals surface area contributed by atoms with E-state index < -0.39 is 0 Å². The molecule has 3 aromatic rings. The molecule has 0 spiro atoms. The number of methoxy groups -OCH3 is 1. The molecule has 24 heavy (non-hydrogen) atoms. The second-order valence-electron chi connectivity index (χ2n) is 5.62. The molecule has 2 N–H and O–H groups in total. The number of hydrogen-bond acceptors (Lipinski definition) is 2. The van der Waals surface area contributed by atoms with Crippen molar-refractivity contribution in [1.82, 2.24) is 5.32 Å². The summed E-state index contributed by atoms with van der Waals surface area (Å²) in [5, 5.41) is 9.64. The molecule has 0 aromatic heterocycles. The molecule has 0 amide bonds. The van der Waals surface area contributed by atoms with Crippen molar-refractivity contribution in [3.8, 4) is 5.75 Å². The normalized spacial score (nSPS) is 11.8. The quantitative estimate of drug-likeness (QED) is 0.664. The summed E-state index contributed by atoms with van der Waals surface area (Å²) in [6, 6.07) is 22.5. The number of hydrogen-bond donors (Lipinski definition) is 2. The summed E-state index contributed by atoms with van der Waals surface area (Å²) in [5.74, 6) is 0.823. The molecular formula is C20H20N2OS. The maximum Gasteiger partial charge on any atom is 0.171 e. The molecule has 3 nitrogen and oxygen atoms in total. The maximum absolute atomic E-state index is 5.44. The molecule has 0 aliphatic carbocycles. The van der Waals surface area contributed by atoms with E-state index in [-0.39, 0.29) is 6.04 Å². The van der Waals surface area contributed by atoms with Crippen LogP contribution in [0.5, 0.6) is 5.75 Å². The van der Waals surface area contributed by atoms with E-state index in [1.165, 1.54) is 16.3 Å². The SMILES string of the molecule is COc1ccc(NC(=S)N[C@@H](C)c2cccc3ccccc23)cc1. The monoisotopic (exact) mass is 336 g/mol. The van der Waals surface area contributed by atoms with E-state index in [0.29, 0.717) is 5.11 Å². The van der Waals surface area contributed by atoms with Gasteiger partial charge in [0.05, 0.1) is 13.2 Å². The fourth-order valence-electron chi connectivity index (χ4n) is 2.74. The lowest BCUT2D eigenvalue weighted by Crippen LogP contribution is -2.30. The van der Waals surface area contributed by atoms with Crippen LogP contribution in [0.15, 0.2) is 66.7 Å². The third kappa shape index (κ3) is 3.66. The average Bonchev–Trinajstić information content (AvgIpc) is 2.61. The van der Waals surface area contributed by atoms with Gasteiger partial charge in [0.1, 0.15) is 5.75 Å². The minimum atomic E-state index is 0.106. The Balaban J connectivity index is 1.71. The van der Waals surface area contributed by atoms with E-state index in [0.717, 1.165) is 11.4 Å². The summed E-state index contributed by atoms with van der Waals surface area (Å²) in [7, 11) is 1.65. The van der Waals surface area contributed by atoms with Gasteiger partial charge in [-0.25, -0.2) is 0 Å². The number of anilines is 1. The van der Waals surface area contributed by atoms with Crippen molar-refractivity contribution in [2.24, 2.45) is 0 Å². The Bertz CT molecular complexity index is 840. The van der Waals surface area contributed by atoms with Gasteiger partial charge >= 0.3 is 0 Å². The minimum absolute atomic E-state index is 0.106. The Kier molecular flexibility index (Phi) is 4.96. The van der Waals surface area contributed by atoms with Gasteiger partial charge in [-0.2, -0.15) is 0 Å². The van der Waals surface area contributed by atoms with Crippen LogP contribution in [0.1, 0.15) is 18.5 Å². The summed E-state index contributed by atoms with van der Waals surface area (Å²) in [6.07, 6.45) is 0. The molecule has 0 heterocycles. The van der Waals surface area contributed by atoms with Gasteiger partial charge in [-0.05, 0) is 59.7 Å². The van der Waals surface area contributed by atoms with Gasteiger partial charge < -0.3 is 15.4 Å². The Morgan fingerprint density at radius 3 is 2.42 bits per heavy atom. The number of thiocarbonyl (C=S) groups is 1. The summed E-state index contributed by atoms with van der Waals surface area (Å²) in [6.45, 7) is 2.11. The predicted molar refractivity (Wildman–Crippen MR) is 105 cm³/mol. The fraction of sp³-hybridized carbons (Fsp3) is 0.150. The van der Waals surface area contributed by atoms with Crippen LogP contribution in [-0.2, 0) is 0 Å². The van der Waals surface area contributed by atoms with Gasteiger partial charge in [0.15, 0.2) is 5.11 Å². The van der Waals surface area contributed by atoms with E-state index in [1.807, 2.05) is 24.3 Å². The van der Waals surface area contributed by atoms with Crippen molar-refractivity contribution in [2.75, 3.05) is 12.4 Å². The van der Waals surface area contributed by atoms with Gasteiger partial charge in [0.25, 0.3) is 0 Å². The second-order valence-corrected chi connectivity index (χ2v) is 6.03. The number of benzene rings is 3. The molecule has 3 rings (SSSR count). The Morgan fingerprint density at radius 1 is 0.958 bits per heavy atom. The van der Waals surface area contributed by atoms with Gasteiger partial charge in [-0.3, -0.25) is 0 Å². The van der Waals surface area contributed by atoms with Crippen molar-refractivity contribution >= 4 is 33.8 Å². The highest BCUT2D eigenvalue weighted by atomic mass is 32.1. The standard InChI is InChI=1S/C20H20N2OS/c1-14(18-9-5-7-15-6-3-4-8-19(15)18)21-20(24)22-16-10-12-17(23-2)13-11-16/h3-14H,1-2H3,(H2,21,22,24)/t14-/m0/s1. The van der Waals surface area contributed by atoms with Crippen molar-refractivity contribution in [3.05, 3.63) is 72.3 Å². The number of ether oxygens (including phenoxy) is 1. The molecule has 0 fully saturated rings. The van der Waals surface area contributed by atoms with Crippen molar-refractivity contribution < 1.29 is 4.74 Å². The Labute approximate surface area is 147 Å². The van der Waals surface area contributed by atoms with Crippen LogP contribution in [0.3, 0.4) is 0 Å². The van der Waals surface area contributed by atoms with Crippen LogP contribution in [-0.4, -0.2) is 12.2 Å². The van der Waals surface area contributed by atoms with E-state index >= 15 is 0 Å². The third-order valence-electron chi connectivity index (χ3n) is 3.99. The molecule has 1 atom stereocenters. The van der Waals surface area contributed by atoms with E-state index in [1.54, 1.807) is 7.11 Å². The number of rotatable bonds is 4. The number of fused-ring (bicyclic) bond motifs is 1. The van der Waals surface area contributed by atoms with Crippen LogP contribution in [0.4, 0.5) is 5.69 Å². The average molecular weight is 336 g/mol.